The molecule has 0 bridgehead atoms. The lowest BCUT2D eigenvalue weighted by molar-refractivity contribution is -0.135. The van der Waals surface area contributed by atoms with E-state index in [1.54, 1.807) is 35.2 Å². The number of Topliss-reactive ketones (excluding diaryl/α,β-unsaturated/α-hetero) is 1. The van der Waals surface area contributed by atoms with E-state index in [2.05, 4.69) is 4.90 Å². The van der Waals surface area contributed by atoms with E-state index in [0.29, 0.717) is 23.7 Å². The average molecular weight is 374 g/mol. The van der Waals surface area contributed by atoms with Crippen molar-refractivity contribution in [2.45, 2.75) is 6.04 Å². The van der Waals surface area contributed by atoms with Crippen LogP contribution in [0.5, 0.6) is 0 Å². The quantitative estimate of drug-likeness (QED) is 0.604. The van der Waals surface area contributed by atoms with Crippen LogP contribution in [0.3, 0.4) is 0 Å². The fourth-order valence-electron chi connectivity index (χ4n) is 3.00. The minimum absolute atomic E-state index is 0.293. The highest BCUT2D eigenvalue weighted by Crippen LogP contribution is 2.19. The van der Waals surface area contributed by atoms with Crippen molar-refractivity contribution in [3.63, 3.8) is 0 Å². The monoisotopic (exact) mass is 373 g/mol. The van der Waals surface area contributed by atoms with E-state index >= 15 is 0 Å². The molecular formula is C19H20ClN3O3. The summed E-state index contributed by atoms with van der Waals surface area (Å²) in [6.45, 7) is 2.48. The first-order chi connectivity index (χ1) is 12.5. The number of aromatic nitrogens is 1. The Hall–Kier alpha value is -2.44. The van der Waals surface area contributed by atoms with Gasteiger partial charge in [-0.15, -0.1) is 0 Å². The minimum Gasteiger partial charge on any atom is -0.338 e. The number of carbonyl (C=O) groups is 2. The number of ketones is 1. The van der Waals surface area contributed by atoms with E-state index < -0.39 is 17.4 Å². The second kappa shape index (κ2) is 7.85. The molecule has 0 saturated carbocycles. The van der Waals surface area contributed by atoms with Crippen molar-refractivity contribution in [2.75, 3.05) is 33.2 Å². The van der Waals surface area contributed by atoms with Gasteiger partial charge in [0.05, 0.1) is 5.02 Å². The number of hydrogen-bond donors (Lipinski definition) is 0. The van der Waals surface area contributed by atoms with Crippen molar-refractivity contribution in [3.8, 4) is 0 Å². The van der Waals surface area contributed by atoms with Gasteiger partial charge in [-0.3, -0.25) is 19.0 Å². The number of likely N-dealkylation sites (N-methyl/N-ethyl adjacent to an activating group) is 1. The van der Waals surface area contributed by atoms with Crippen molar-refractivity contribution in [1.82, 2.24) is 14.4 Å². The molecule has 1 unspecified atom stereocenters. The highest BCUT2D eigenvalue weighted by atomic mass is 35.5. The summed E-state index contributed by atoms with van der Waals surface area (Å²) in [6.07, 6.45) is 1.35. The third-order valence-corrected chi connectivity index (χ3v) is 4.76. The molecule has 2 heterocycles. The van der Waals surface area contributed by atoms with Gasteiger partial charge in [0.25, 0.3) is 11.5 Å². The lowest BCUT2D eigenvalue weighted by Crippen LogP contribution is -2.51. The van der Waals surface area contributed by atoms with E-state index in [4.69, 9.17) is 11.6 Å². The first-order valence-electron chi connectivity index (χ1n) is 8.41. The van der Waals surface area contributed by atoms with Gasteiger partial charge in [0.2, 0.25) is 0 Å². The first-order valence-corrected chi connectivity index (χ1v) is 8.79. The predicted molar refractivity (Wildman–Crippen MR) is 99.6 cm³/mol. The van der Waals surface area contributed by atoms with Crippen LogP contribution in [0.25, 0.3) is 0 Å². The Kier molecular flexibility index (Phi) is 5.54. The Morgan fingerprint density at radius 1 is 1.00 bits per heavy atom. The fourth-order valence-corrected chi connectivity index (χ4v) is 3.16. The lowest BCUT2D eigenvalue weighted by atomic mass is 10.0. The minimum atomic E-state index is -1.26. The van der Waals surface area contributed by atoms with Crippen LogP contribution in [0.15, 0.2) is 53.5 Å². The first kappa shape index (κ1) is 18.4. The van der Waals surface area contributed by atoms with Crippen LogP contribution in [-0.4, -0.2) is 59.3 Å². The third kappa shape index (κ3) is 3.86. The topological polar surface area (TPSA) is 62.6 Å². The molecule has 6 nitrogen and oxygen atoms in total. The van der Waals surface area contributed by atoms with Gasteiger partial charge in [0, 0.05) is 44.0 Å². The van der Waals surface area contributed by atoms with E-state index in [1.165, 1.54) is 18.3 Å². The van der Waals surface area contributed by atoms with Crippen LogP contribution in [0.4, 0.5) is 0 Å². The zero-order chi connectivity index (χ0) is 18.7. The third-order valence-electron chi connectivity index (χ3n) is 4.54. The van der Waals surface area contributed by atoms with Gasteiger partial charge in [0.1, 0.15) is 0 Å². The van der Waals surface area contributed by atoms with Gasteiger partial charge in [0.15, 0.2) is 11.8 Å². The van der Waals surface area contributed by atoms with Crippen molar-refractivity contribution in [1.29, 1.82) is 0 Å². The van der Waals surface area contributed by atoms with Crippen molar-refractivity contribution in [3.05, 3.63) is 69.6 Å². The molecule has 1 fully saturated rings. The van der Waals surface area contributed by atoms with Crippen molar-refractivity contribution >= 4 is 23.3 Å². The predicted octanol–water partition coefficient (Wildman–Crippen LogP) is 1.70. The molecule has 0 aliphatic carbocycles. The number of halogens is 1. The Bertz CT molecular complexity index is 858. The Morgan fingerprint density at radius 2 is 1.65 bits per heavy atom. The number of amides is 1. The van der Waals surface area contributed by atoms with Crippen molar-refractivity contribution in [2.24, 2.45) is 0 Å². The molecule has 3 rings (SSSR count). The van der Waals surface area contributed by atoms with Crippen LogP contribution in [-0.2, 0) is 4.79 Å². The van der Waals surface area contributed by atoms with Crippen LogP contribution >= 0.6 is 11.6 Å². The summed E-state index contributed by atoms with van der Waals surface area (Å²) in [4.78, 5) is 42.4. The summed E-state index contributed by atoms with van der Waals surface area (Å²) < 4.78 is 1.14. The van der Waals surface area contributed by atoms with Gasteiger partial charge in [-0.1, -0.05) is 41.9 Å². The fraction of sp³-hybridized carbons (Fsp3) is 0.316. The molecule has 1 amide bonds. The Labute approximate surface area is 156 Å². The summed E-state index contributed by atoms with van der Waals surface area (Å²) in [6, 6.07) is 9.99. The number of carbonyl (C=O) groups excluding carboxylic acids is 2. The highest BCUT2D eigenvalue weighted by molar-refractivity contribution is 6.30. The number of rotatable bonds is 4. The lowest BCUT2D eigenvalue weighted by Gasteiger charge is -2.34. The molecule has 0 radical (unpaired) electrons. The summed E-state index contributed by atoms with van der Waals surface area (Å²) in [5.74, 6) is -0.796. The SMILES string of the molecule is CN1CCN(C(=O)C(C(=O)c2ccccc2)n2cc(Cl)ccc2=O)CC1. The molecular weight excluding hydrogens is 354 g/mol. The van der Waals surface area contributed by atoms with Gasteiger partial charge in [-0.2, -0.15) is 0 Å². The highest BCUT2D eigenvalue weighted by Gasteiger charge is 2.34. The number of hydrogen-bond acceptors (Lipinski definition) is 4. The second-order valence-corrected chi connectivity index (χ2v) is 6.79. The molecule has 0 N–H and O–H groups in total. The summed E-state index contributed by atoms with van der Waals surface area (Å²) in [5.41, 5.74) is -0.0574. The van der Waals surface area contributed by atoms with E-state index in [1.807, 2.05) is 7.05 Å². The molecule has 2 aromatic rings. The number of pyridine rings is 1. The molecule has 0 spiro atoms. The zero-order valence-corrected chi connectivity index (χ0v) is 15.2. The second-order valence-electron chi connectivity index (χ2n) is 6.35. The standard InChI is InChI=1S/C19H20ClN3O3/c1-21-9-11-22(12-10-21)19(26)17(18(25)14-5-3-2-4-6-14)23-13-15(20)7-8-16(23)24/h2-8,13,17H,9-12H2,1H3. The molecule has 1 aliphatic heterocycles. The van der Waals surface area contributed by atoms with Crippen molar-refractivity contribution < 1.29 is 9.59 Å². The van der Waals surface area contributed by atoms with Crippen LogP contribution in [0.1, 0.15) is 16.4 Å². The summed E-state index contributed by atoms with van der Waals surface area (Å²) in [5, 5.41) is 0.293. The molecule has 136 valence electrons. The molecule has 1 aromatic carbocycles. The maximum absolute atomic E-state index is 13.2. The van der Waals surface area contributed by atoms with E-state index in [9.17, 15) is 14.4 Å². The number of piperazine rings is 1. The maximum atomic E-state index is 13.2. The molecule has 1 atom stereocenters. The normalized spacial score (nSPS) is 16.3. The molecule has 26 heavy (non-hydrogen) atoms. The zero-order valence-electron chi connectivity index (χ0n) is 14.5. The number of nitrogens with zero attached hydrogens (tertiary/aromatic N) is 3. The molecule has 1 aromatic heterocycles. The smallest absolute Gasteiger partial charge is 0.253 e. The van der Waals surface area contributed by atoms with Gasteiger partial charge in [-0.05, 0) is 13.1 Å². The number of benzene rings is 1. The van der Waals surface area contributed by atoms with Crippen LogP contribution < -0.4 is 5.56 Å². The molecule has 1 aliphatic rings. The Morgan fingerprint density at radius 3 is 2.31 bits per heavy atom. The average Bonchev–Trinajstić information content (AvgIpc) is 2.66. The summed E-state index contributed by atoms with van der Waals surface area (Å²) >= 11 is 6.02. The van der Waals surface area contributed by atoms with Gasteiger partial charge >= 0.3 is 0 Å². The van der Waals surface area contributed by atoms with E-state index in [-0.39, 0.29) is 5.91 Å². The maximum Gasteiger partial charge on any atom is 0.253 e. The van der Waals surface area contributed by atoms with Gasteiger partial charge in [-0.25, -0.2) is 0 Å². The van der Waals surface area contributed by atoms with E-state index in [0.717, 1.165) is 17.7 Å². The largest absolute Gasteiger partial charge is 0.338 e. The Balaban J connectivity index is 2.01. The van der Waals surface area contributed by atoms with Crippen LogP contribution in [0.2, 0.25) is 5.02 Å². The van der Waals surface area contributed by atoms with Gasteiger partial charge < -0.3 is 9.80 Å². The molecule has 1 saturated heterocycles. The molecule has 7 heteroatoms. The van der Waals surface area contributed by atoms with Crippen LogP contribution in [0, 0.1) is 0 Å². The summed E-state index contributed by atoms with van der Waals surface area (Å²) in [7, 11) is 1.98.